The lowest BCUT2D eigenvalue weighted by Gasteiger charge is -2.15. The van der Waals surface area contributed by atoms with E-state index in [1.807, 2.05) is 0 Å². The van der Waals surface area contributed by atoms with Crippen LogP contribution >= 0.6 is 23.2 Å². The van der Waals surface area contributed by atoms with Crippen LogP contribution in [0.2, 0.25) is 10.0 Å². The fraction of sp³-hybridized carbons (Fsp3) is 0.176. The molecule has 0 radical (unpaired) electrons. The van der Waals surface area contributed by atoms with E-state index in [1.165, 1.54) is 44.4 Å². The van der Waals surface area contributed by atoms with Crippen molar-refractivity contribution in [3.05, 3.63) is 62.1 Å². The molecule has 2 aromatic carbocycles. The van der Waals surface area contributed by atoms with Gasteiger partial charge in [0.2, 0.25) is 0 Å². The Bertz CT molecular complexity index is 903. The number of nitrogens with one attached hydrogen (secondary N) is 1. The summed E-state index contributed by atoms with van der Waals surface area (Å²) in [6, 6.07) is 7.93. The first-order valence-electron chi connectivity index (χ1n) is 7.52. The average molecular weight is 413 g/mol. The Balaban J connectivity index is 2.12. The van der Waals surface area contributed by atoms with E-state index in [9.17, 15) is 19.7 Å². The molecule has 0 aromatic heterocycles. The highest BCUT2D eigenvalue weighted by atomic mass is 35.5. The number of halogens is 2. The van der Waals surface area contributed by atoms with Crippen molar-refractivity contribution < 1.29 is 24.0 Å². The van der Waals surface area contributed by atoms with Crippen LogP contribution in [0.25, 0.3) is 0 Å². The SMILES string of the molecule is COc1ccc([N+](=O)[O-])cc1NC(=O)[C@@H](C)OC(=O)c1ccc(Cl)cc1Cl. The number of ether oxygens (including phenoxy) is 2. The molecule has 1 amide bonds. The standard InChI is InChI=1S/C17H14Cl2N2O6/c1-9(27-17(23)12-5-3-10(18)7-13(12)19)16(22)20-14-8-11(21(24)25)4-6-15(14)26-2/h3-9H,1-2H3,(H,20,22)/t9-/m1/s1. The highest BCUT2D eigenvalue weighted by molar-refractivity contribution is 6.36. The second kappa shape index (κ2) is 8.70. The molecule has 8 nitrogen and oxygen atoms in total. The second-order valence-corrected chi connectivity index (χ2v) is 6.15. The number of rotatable bonds is 6. The Morgan fingerprint density at radius 1 is 1.19 bits per heavy atom. The van der Waals surface area contributed by atoms with Gasteiger partial charge in [0.25, 0.3) is 11.6 Å². The van der Waals surface area contributed by atoms with Gasteiger partial charge >= 0.3 is 5.97 Å². The zero-order valence-electron chi connectivity index (χ0n) is 14.2. The first kappa shape index (κ1) is 20.5. The van der Waals surface area contributed by atoms with Gasteiger partial charge in [-0.15, -0.1) is 0 Å². The van der Waals surface area contributed by atoms with E-state index in [2.05, 4.69) is 5.32 Å². The van der Waals surface area contributed by atoms with Gasteiger partial charge in [0.05, 0.1) is 28.3 Å². The lowest BCUT2D eigenvalue weighted by molar-refractivity contribution is -0.384. The van der Waals surface area contributed by atoms with Crippen molar-refractivity contribution in [1.29, 1.82) is 0 Å². The quantitative estimate of drug-likeness (QED) is 0.434. The van der Waals surface area contributed by atoms with Crippen molar-refractivity contribution in [1.82, 2.24) is 0 Å². The number of amides is 1. The number of anilines is 1. The predicted octanol–water partition coefficient (Wildman–Crippen LogP) is 4.09. The van der Waals surface area contributed by atoms with E-state index in [0.717, 1.165) is 6.07 Å². The van der Waals surface area contributed by atoms with E-state index < -0.39 is 22.9 Å². The predicted molar refractivity (Wildman–Crippen MR) is 99.6 cm³/mol. The molecule has 0 saturated carbocycles. The largest absolute Gasteiger partial charge is 0.495 e. The molecule has 0 fully saturated rings. The third kappa shape index (κ3) is 5.08. The van der Waals surface area contributed by atoms with Crippen LogP contribution in [0.4, 0.5) is 11.4 Å². The van der Waals surface area contributed by atoms with Crippen molar-refractivity contribution in [2.75, 3.05) is 12.4 Å². The van der Waals surface area contributed by atoms with E-state index in [4.69, 9.17) is 32.7 Å². The second-order valence-electron chi connectivity index (χ2n) is 5.30. The maximum absolute atomic E-state index is 12.3. The van der Waals surface area contributed by atoms with Gasteiger partial charge in [-0.3, -0.25) is 14.9 Å². The van der Waals surface area contributed by atoms with E-state index in [-0.39, 0.29) is 27.7 Å². The lowest BCUT2D eigenvalue weighted by Crippen LogP contribution is -2.30. The smallest absolute Gasteiger partial charge is 0.340 e. The Hall–Kier alpha value is -2.84. The fourth-order valence-corrected chi connectivity index (χ4v) is 2.56. The Kier molecular flexibility index (Phi) is 6.59. The van der Waals surface area contributed by atoms with E-state index >= 15 is 0 Å². The molecule has 142 valence electrons. The molecule has 0 aliphatic heterocycles. The molecule has 0 bridgehead atoms. The number of carbonyl (C=O) groups is 2. The maximum atomic E-state index is 12.3. The van der Waals surface area contributed by atoms with Gasteiger partial charge in [-0.05, 0) is 31.2 Å². The molecule has 10 heteroatoms. The van der Waals surface area contributed by atoms with E-state index in [1.54, 1.807) is 0 Å². The third-order valence-electron chi connectivity index (χ3n) is 3.46. The summed E-state index contributed by atoms with van der Waals surface area (Å²) < 4.78 is 10.2. The summed E-state index contributed by atoms with van der Waals surface area (Å²) in [5.74, 6) is -1.30. The highest BCUT2D eigenvalue weighted by Crippen LogP contribution is 2.29. The number of nitrogens with zero attached hydrogens (tertiary/aromatic N) is 1. The van der Waals surface area contributed by atoms with Gasteiger partial charge in [-0.1, -0.05) is 23.2 Å². The van der Waals surface area contributed by atoms with Crippen molar-refractivity contribution in [2.24, 2.45) is 0 Å². The molecule has 1 N–H and O–H groups in total. The number of nitro benzene ring substituents is 1. The maximum Gasteiger partial charge on any atom is 0.340 e. The normalized spacial score (nSPS) is 11.4. The van der Waals surface area contributed by atoms with Gasteiger partial charge in [0.1, 0.15) is 5.75 Å². The number of nitro groups is 1. The molecule has 27 heavy (non-hydrogen) atoms. The first-order chi connectivity index (χ1) is 12.7. The zero-order chi connectivity index (χ0) is 20.1. The van der Waals surface area contributed by atoms with Crippen LogP contribution in [0.15, 0.2) is 36.4 Å². The summed E-state index contributed by atoms with van der Waals surface area (Å²) in [6.45, 7) is 1.35. The van der Waals surface area contributed by atoms with Crippen molar-refractivity contribution >= 4 is 46.5 Å². The highest BCUT2D eigenvalue weighted by Gasteiger charge is 2.22. The number of carbonyl (C=O) groups excluding carboxylic acids is 2. The van der Waals surface area contributed by atoms with Crippen molar-refractivity contribution in [3.63, 3.8) is 0 Å². The number of non-ortho nitro benzene ring substituents is 1. The summed E-state index contributed by atoms with van der Waals surface area (Å²) >= 11 is 11.7. The molecule has 2 aromatic rings. The molecular weight excluding hydrogens is 399 g/mol. The van der Waals surface area contributed by atoms with Crippen LogP contribution in [-0.4, -0.2) is 30.0 Å². The lowest BCUT2D eigenvalue weighted by atomic mass is 10.2. The minimum Gasteiger partial charge on any atom is -0.495 e. The molecule has 0 aliphatic rings. The summed E-state index contributed by atoms with van der Waals surface area (Å²) in [5, 5.41) is 13.8. The van der Waals surface area contributed by atoms with Gasteiger partial charge in [-0.25, -0.2) is 4.79 Å². The molecule has 0 saturated heterocycles. The minimum atomic E-state index is -1.20. The first-order valence-corrected chi connectivity index (χ1v) is 8.28. The molecule has 2 rings (SSSR count). The molecule has 0 aliphatic carbocycles. The van der Waals surface area contributed by atoms with E-state index in [0.29, 0.717) is 5.02 Å². The molecule has 1 atom stereocenters. The summed E-state index contributed by atoms with van der Waals surface area (Å²) in [6.07, 6.45) is -1.20. The van der Waals surface area contributed by atoms with Crippen LogP contribution in [0.1, 0.15) is 17.3 Å². The molecule has 0 spiro atoms. The number of hydrogen-bond donors (Lipinski definition) is 1. The molecular formula is C17H14Cl2N2O6. The summed E-state index contributed by atoms with van der Waals surface area (Å²) in [4.78, 5) is 34.7. The van der Waals surface area contributed by atoms with Crippen LogP contribution in [0.5, 0.6) is 5.75 Å². The Labute approximate surface area is 164 Å². The number of benzene rings is 2. The van der Waals surface area contributed by atoms with Crippen LogP contribution in [0.3, 0.4) is 0 Å². The third-order valence-corrected chi connectivity index (χ3v) is 4.00. The molecule has 0 unspecified atom stereocenters. The molecule has 0 heterocycles. The van der Waals surface area contributed by atoms with Crippen LogP contribution in [-0.2, 0) is 9.53 Å². The Morgan fingerprint density at radius 2 is 1.89 bits per heavy atom. The topological polar surface area (TPSA) is 108 Å². The zero-order valence-corrected chi connectivity index (χ0v) is 15.7. The van der Waals surface area contributed by atoms with Gasteiger partial charge < -0.3 is 14.8 Å². The average Bonchev–Trinajstić information content (AvgIpc) is 2.61. The van der Waals surface area contributed by atoms with Crippen molar-refractivity contribution in [2.45, 2.75) is 13.0 Å². The van der Waals surface area contributed by atoms with Crippen LogP contribution < -0.4 is 10.1 Å². The summed E-state index contributed by atoms with van der Waals surface area (Å²) in [7, 11) is 1.35. The Morgan fingerprint density at radius 3 is 2.48 bits per heavy atom. The van der Waals surface area contributed by atoms with Gasteiger partial charge in [0.15, 0.2) is 6.10 Å². The number of methoxy groups -OCH3 is 1. The van der Waals surface area contributed by atoms with Gasteiger partial charge in [0, 0.05) is 17.2 Å². The summed E-state index contributed by atoms with van der Waals surface area (Å²) in [5.41, 5.74) is -0.110. The monoisotopic (exact) mass is 412 g/mol. The minimum absolute atomic E-state index is 0.0497. The van der Waals surface area contributed by atoms with Crippen LogP contribution in [0, 0.1) is 10.1 Å². The fourth-order valence-electron chi connectivity index (χ4n) is 2.07. The number of esters is 1. The number of hydrogen-bond acceptors (Lipinski definition) is 6. The van der Waals surface area contributed by atoms with Gasteiger partial charge in [-0.2, -0.15) is 0 Å². The van der Waals surface area contributed by atoms with Crippen molar-refractivity contribution in [3.8, 4) is 5.75 Å².